The molecular weight excluding hydrogens is 367 g/mol. The van der Waals surface area contributed by atoms with Crippen LogP contribution in [0.4, 0.5) is 10.1 Å². The third-order valence-corrected chi connectivity index (χ3v) is 5.87. The van der Waals surface area contributed by atoms with Gasteiger partial charge in [-0.05, 0) is 37.1 Å². The quantitative estimate of drug-likeness (QED) is 0.800. The number of para-hydroxylation sites is 1. The predicted molar refractivity (Wildman–Crippen MR) is 102 cm³/mol. The van der Waals surface area contributed by atoms with Crippen LogP contribution in [0.2, 0.25) is 5.02 Å². The molecule has 4 nitrogen and oxygen atoms in total. The lowest BCUT2D eigenvalue weighted by atomic mass is 10.1. The molecule has 2 aliphatic rings. The Morgan fingerprint density at radius 3 is 2.63 bits per heavy atom. The number of nitrogens with zero attached hydrogens (tertiary/aromatic N) is 2. The first-order chi connectivity index (χ1) is 13.0. The highest BCUT2D eigenvalue weighted by Crippen LogP contribution is 2.51. The van der Waals surface area contributed by atoms with E-state index in [1.165, 1.54) is 11.0 Å². The van der Waals surface area contributed by atoms with Gasteiger partial charge < -0.3 is 9.80 Å². The maximum Gasteiger partial charge on any atom is 0.249 e. The predicted octanol–water partition coefficient (Wildman–Crippen LogP) is 3.85. The van der Waals surface area contributed by atoms with Crippen LogP contribution >= 0.6 is 11.6 Å². The number of hydrogen-bond donors (Lipinski definition) is 0. The summed E-state index contributed by atoms with van der Waals surface area (Å²) in [5, 5.41) is 0.352. The van der Waals surface area contributed by atoms with Crippen LogP contribution < -0.4 is 4.90 Å². The molecule has 0 radical (unpaired) electrons. The second-order valence-electron chi connectivity index (χ2n) is 7.16. The largest absolute Gasteiger partial charge is 0.333 e. The first-order valence-corrected chi connectivity index (χ1v) is 9.44. The van der Waals surface area contributed by atoms with Gasteiger partial charge in [-0.25, -0.2) is 4.39 Å². The molecular formula is C21H20ClFN2O2. The normalized spacial score (nSPS) is 24.2. The Kier molecular flexibility index (Phi) is 4.64. The van der Waals surface area contributed by atoms with Crippen molar-refractivity contribution in [3.05, 3.63) is 64.9 Å². The molecule has 0 aromatic heterocycles. The van der Waals surface area contributed by atoms with Gasteiger partial charge >= 0.3 is 0 Å². The second-order valence-corrected chi connectivity index (χ2v) is 7.57. The van der Waals surface area contributed by atoms with Gasteiger partial charge in [0.25, 0.3) is 0 Å². The van der Waals surface area contributed by atoms with E-state index in [1.54, 1.807) is 24.1 Å². The summed E-state index contributed by atoms with van der Waals surface area (Å²) >= 11 is 6.13. The molecule has 2 aromatic carbocycles. The first kappa shape index (κ1) is 18.0. The molecule has 0 unspecified atom stereocenters. The van der Waals surface area contributed by atoms with Gasteiger partial charge in [0.15, 0.2) is 0 Å². The van der Waals surface area contributed by atoms with Crippen LogP contribution in [0.5, 0.6) is 0 Å². The highest BCUT2D eigenvalue weighted by molar-refractivity contribution is 6.31. The summed E-state index contributed by atoms with van der Waals surface area (Å²) < 4.78 is 14.1. The van der Waals surface area contributed by atoms with Gasteiger partial charge in [0, 0.05) is 41.7 Å². The standard InChI is InChI=1S/C21H20ClFN2O2/c1-24(18-10-11-25(21(18)27)13-6-3-2-4-7-13)20(26)15-12-14(15)19-16(22)8-5-9-17(19)23/h2-9,14-15,18H,10-12H2,1H3/t14-,15-,18+/m1/s1. The number of carbonyl (C=O) groups excluding carboxylic acids is 2. The number of hydrogen-bond acceptors (Lipinski definition) is 2. The zero-order chi connectivity index (χ0) is 19.1. The lowest BCUT2D eigenvalue weighted by Gasteiger charge is -2.24. The smallest absolute Gasteiger partial charge is 0.249 e. The van der Waals surface area contributed by atoms with E-state index >= 15 is 0 Å². The van der Waals surface area contributed by atoms with Gasteiger partial charge in [0.05, 0.1) is 0 Å². The van der Waals surface area contributed by atoms with Gasteiger partial charge in [-0.3, -0.25) is 9.59 Å². The number of carbonyl (C=O) groups is 2. The third kappa shape index (κ3) is 3.21. The van der Waals surface area contributed by atoms with Crippen molar-refractivity contribution in [3.8, 4) is 0 Å². The van der Waals surface area contributed by atoms with Crippen LogP contribution in [-0.4, -0.2) is 36.3 Å². The Balaban J connectivity index is 1.46. The minimum atomic E-state index is -0.477. The minimum Gasteiger partial charge on any atom is -0.333 e. The monoisotopic (exact) mass is 386 g/mol. The Bertz CT molecular complexity index is 869. The average Bonchev–Trinajstić information content (AvgIpc) is 3.35. The molecule has 1 aliphatic carbocycles. The van der Waals surface area contributed by atoms with Crippen molar-refractivity contribution in [3.63, 3.8) is 0 Å². The molecule has 1 aliphatic heterocycles. The molecule has 2 fully saturated rings. The van der Waals surface area contributed by atoms with E-state index in [0.29, 0.717) is 30.0 Å². The highest BCUT2D eigenvalue weighted by atomic mass is 35.5. The number of rotatable bonds is 4. The zero-order valence-corrected chi connectivity index (χ0v) is 15.7. The van der Waals surface area contributed by atoms with E-state index < -0.39 is 6.04 Å². The van der Waals surface area contributed by atoms with Crippen molar-refractivity contribution in [2.45, 2.75) is 24.8 Å². The third-order valence-electron chi connectivity index (χ3n) is 5.54. The lowest BCUT2D eigenvalue weighted by Crippen LogP contribution is -2.43. The van der Waals surface area contributed by atoms with Crippen LogP contribution in [0.1, 0.15) is 24.3 Å². The average molecular weight is 387 g/mol. The Hall–Kier alpha value is -2.40. The molecule has 0 bridgehead atoms. The van der Waals surface area contributed by atoms with E-state index in [1.807, 2.05) is 30.3 Å². The van der Waals surface area contributed by atoms with Crippen molar-refractivity contribution in [1.82, 2.24) is 4.90 Å². The molecule has 6 heteroatoms. The number of anilines is 1. The summed E-state index contributed by atoms with van der Waals surface area (Å²) in [4.78, 5) is 28.9. The van der Waals surface area contributed by atoms with E-state index in [9.17, 15) is 14.0 Å². The SMILES string of the molecule is CN(C(=O)[C@@H]1C[C@H]1c1c(F)cccc1Cl)[C@H]1CCN(c2ccccc2)C1=O. The summed E-state index contributed by atoms with van der Waals surface area (Å²) in [5.41, 5.74) is 1.25. The molecule has 140 valence electrons. The fraction of sp³-hybridized carbons (Fsp3) is 0.333. The van der Waals surface area contributed by atoms with E-state index in [4.69, 9.17) is 11.6 Å². The van der Waals surface area contributed by atoms with Crippen molar-refractivity contribution < 1.29 is 14.0 Å². The van der Waals surface area contributed by atoms with Gasteiger partial charge in [0.2, 0.25) is 11.8 Å². The summed E-state index contributed by atoms with van der Waals surface area (Å²) in [7, 11) is 1.66. The van der Waals surface area contributed by atoms with E-state index in [-0.39, 0.29) is 29.5 Å². The fourth-order valence-electron chi connectivity index (χ4n) is 3.96. The second kappa shape index (κ2) is 6.97. The van der Waals surface area contributed by atoms with Gasteiger partial charge in [-0.1, -0.05) is 35.9 Å². The minimum absolute atomic E-state index is 0.0711. The summed E-state index contributed by atoms with van der Waals surface area (Å²) in [5.74, 6) is -1.10. The molecule has 0 N–H and O–H groups in total. The molecule has 3 atom stereocenters. The Morgan fingerprint density at radius 1 is 1.19 bits per heavy atom. The molecule has 4 rings (SSSR count). The topological polar surface area (TPSA) is 40.6 Å². The number of amides is 2. The summed E-state index contributed by atoms with van der Waals surface area (Å²) in [6, 6.07) is 13.5. The van der Waals surface area contributed by atoms with Crippen LogP contribution in [0.25, 0.3) is 0 Å². The summed E-state index contributed by atoms with van der Waals surface area (Å²) in [6.45, 7) is 0.582. The van der Waals surface area contributed by atoms with Crippen molar-refractivity contribution in [2.75, 3.05) is 18.5 Å². The van der Waals surface area contributed by atoms with Crippen LogP contribution in [0.3, 0.4) is 0 Å². The number of likely N-dealkylation sites (N-methyl/N-ethyl adjacent to an activating group) is 1. The maximum absolute atomic E-state index is 14.1. The lowest BCUT2D eigenvalue weighted by molar-refractivity contribution is -0.137. The van der Waals surface area contributed by atoms with Gasteiger partial charge in [-0.15, -0.1) is 0 Å². The molecule has 1 saturated carbocycles. The van der Waals surface area contributed by atoms with Crippen molar-refractivity contribution in [1.29, 1.82) is 0 Å². The highest BCUT2D eigenvalue weighted by Gasteiger charge is 2.49. The zero-order valence-electron chi connectivity index (χ0n) is 14.9. The van der Waals surface area contributed by atoms with Crippen molar-refractivity contribution >= 4 is 29.1 Å². The van der Waals surface area contributed by atoms with Crippen LogP contribution in [-0.2, 0) is 9.59 Å². The Labute approximate surface area is 162 Å². The molecule has 27 heavy (non-hydrogen) atoms. The molecule has 2 amide bonds. The van der Waals surface area contributed by atoms with Gasteiger partial charge in [0.1, 0.15) is 11.9 Å². The van der Waals surface area contributed by atoms with Gasteiger partial charge in [-0.2, -0.15) is 0 Å². The van der Waals surface area contributed by atoms with Crippen LogP contribution in [0, 0.1) is 11.7 Å². The first-order valence-electron chi connectivity index (χ1n) is 9.06. The molecule has 0 spiro atoms. The van der Waals surface area contributed by atoms with Crippen molar-refractivity contribution in [2.24, 2.45) is 5.92 Å². The molecule has 1 heterocycles. The summed E-state index contributed by atoms with van der Waals surface area (Å²) in [6.07, 6.45) is 1.15. The maximum atomic E-state index is 14.1. The molecule has 1 saturated heterocycles. The fourth-order valence-corrected chi connectivity index (χ4v) is 4.26. The van der Waals surface area contributed by atoms with E-state index in [2.05, 4.69) is 0 Å². The van der Waals surface area contributed by atoms with Crippen LogP contribution in [0.15, 0.2) is 48.5 Å². The number of benzene rings is 2. The van der Waals surface area contributed by atoms with E-state index in [0.717, 1.165) is 5.69 Å². The Morgan fingerprint density at radius 2 is 1.93 bits per heavy atom. The molecule has 2 aromatic rings. The number of halogens is 2.